The molecule has 2 aromatic rings. The Morgan fingerprint density at radius 2 is 1.88 bits per heavy atom. The number of hydrogen-bond donors (Lipinski definition) is 2. The molecule has 1 amide bonds. The van der Waals surface area contributed by atoms with Gasteiger partial charge in [0.1, 0.15) is 11.6 Å². The van der Waals surface area contributed by atoms with Crippen molar-refractivity contribution in [2.24, 2.45) is 10.7 Å². The van der Waals surface area contributed by atoms with Crippen molar-refractivity contribution in [2.75, 3.05) is 20.3 Å². The van der Waals surface area contributed by atoms with E-state index < -0.39 is 0 Å². The lowest BCUT2D eigenvalue weighted by Crippen LogP contribution is -2.32. The van der Waals surface area contributed by atoms with E-state index in [1.165, 1.54) is 12.2 Å². The lowest BCUT2D eigenvalue weighted by Gasteiger charge is -2.23. The van der Waals surface area contributed by atoms with E-state index in [1.807, 2.05) is 55.5 Å². The van der Waals surface area contributed by atoms with Crippen LogP contribution >= 0.6 is 0 Å². The van der Waals surface area contributed by atoms with Crippen LogP contribution in [0, 0.1) is 0 Å². The number of carbonyl (C=O) groups is 2. The average molecular weight is 466 g/mol. The maximum Gasteiger partial charge on any atom is 0.309 e. The number of benzene rings is 2. The number of aliphatic imine (C=N–C) groups is 1. The van der Waals surface area contributed by atoms with Crippen molar-refractivity contribution >= 4 is 29.5 Å². The highest BCUT2D eigenvalue weighted by Crippen LogP contribution is 2.32. The van der Waals surface area contributed by atoms with E-state index in [1.54, 1.807) is 0 Å². The van der Waals surface area contributed by atoms with Gasteiger partial charge in [0.05, 0.1) is 32.2 Å². The lowest BCUT2D eigenvalue weighted by molar-refractivity contribution is -0.172. The Morgan fingerprint density at radius 1 is 1.15 bits per heavy atom. The van der Waals surface area contributed by atoms with Gasteiger partial charge in [0, 0.05) is 18.6 Å². The van der Waals surface area contributed by atoms with Crippen LogP contribution in [0.15, 0.2) is 53.2 Å². The zero-order valence-electron chi connectivity index (χ0n) is 19.6. The summed E-state index contributed by atoms with van der Waals surface area (Å²) in [5.74, 6) is 0.476. The summed E-state index contributed by atoms with van der Waals surface area (Å²) in [4.78, 5) is 34.4. The van der Waals surface area contributed by atoms with Crippen LogP contribution in [0.4, 0.5) is 5.69 Å². The van der Waals surface area contributed by atoms with E-state index in [2.05, 4.69) is 4.99 Å². The number of amidine groups is 1. The Kier molecular flexibility index (Phi) is 8.81. The fraction of sp³-hybridized carbons (Fsp3) is 0.346. The third-order valence-corrected chi connectivity index (χ3v) is 5.32. The topological polar surface area (TPSA) is 114 Å². The van der Waals surface area contributed by atoms with Crippen LogP contribution in [-0.2, 0) is 25.6 Å². The third kappa shape index (κ3) is 6.68. The molecule has 1 heterocycles. The molecular weight excluding hydrogens is 434 g/mol. The SMILES string of the molecule is CCCC(=O)N(CCCO)OC1=Cc2ccc(-c3ccc(CC(=O)OC)cc3)cc2N=C(N)C1. The minimum atomic E-state index is -0.279. The number of carbonyl (C=O) groups excluding carboxylic acids is 2. The summed E-state index contributed by atoms with van der Waals surface area (Å²) < 4.78 is 4.72. The molecule has 0 fully saturated rings. The molecule has 3 rings (SSSR count). The lowest BCUT2D eigenvalue weighted by atomic mass is 10.0. The largest absolute Gasteiger partial charge is 0.469 e. The number of nitrogens with two attached hydrogens (primary N) is 1. The molecule has 8 nitrogen and oxygen atoms in total. The van der Waals surface area contributed by atoms with E-state index in [4.69, 9.17) is 20.4 Å². The summed E-state index contributed by atoms with van der Waals surface area (Å²) in [5.41, 5.74) is 10.5. The Balaban J connectivity index is 1.83. The summed E-state index contributed by atoms with van der Waals surface area (Å²) in [7, 11) is 1.37. The predicted molar refractivity (Wildman–Crippen MR) is 131 cm³/mol. The molecule has 0 spiro atoms. The molecule has 1 aliphatic heterocycles. The first-order chi connectivity index (χ1) is 16.4. The molecule has 3 N–H and O–H groups in total. The Morgan fingerprint density at radius 3 is 2.56 bits per heavy atom. The molecule has 0 aromatic heterocycles. The van der Waals surface area contributed by atoms with Gasteiger partial charge in [-0.05, 0) is 41.7 Å². The number of methoxy groups -OCH3 is 1. The van der Waals surface area contributed by atoms with Gasteiger partial charge in [-0.15, -0.1) is 0 Å². The molecule has 0 unspecified atom stereocenters. The van der Waals surface area contributed by atoms with Crippen molar-refractivity contribution in [3.8, 4) is 11.1 Å². The number of rotatable bonds is 10. The van der Waals surface area contributed by atoms with Crippen molar-refractivity contribution in [1.82, 2.24) is 5.06 Å². The number of fused-ring (bicyclic) bond motifs is 1. The molecule has 0 radical (unpaired) electrons. The van der Waals surface area contributed by atoms with E-state index in [0.717, 1.165) is 22.3 Å². The fourth-order valence-corrected chi connectivity index (χ4v) is 3.57. The molecule has 0 aliphatic carbocycles. The van der Waals surface area contributed by atoms with Crippen LogP contribution in [0.3, 0.4) is 0 Å². The predicted octanol–water partition coefficient (Wildman–Crippen LogP) is 3.75. The van der Waals surface area contributed by atoms with Crippen LogP contribution < -0.4 is 5.73 Å². The maximum atomic E-state index is 12.4. The normalized spacial score (nSPS) is 12.7. The number of amides is 1. The highest BCUT2D eigenvalue weighted by atomic mass is 16.7. The highest BCUT2D eigenvalue weighted by Gasteiger charge is 2.19. The van der Waals surface area contributed by atoms with E-state index in [9.17, 15) is 9.59 Å². The van der Waals surface area contributed by atoms with Crippen LogP contribution in [0.25, 0.3) is 17.2 Å². The summed E-state index contributed by atoms with van der Waals surface area (Å²) in [6.07, 6.45) is 3.82. The average Bonchev–Trinajstić information content (AvgIpc) is 2.98. The van der Waals surface area contributed by atoms with Crippen molar-refractivity contribution in [3.05, 3.63) is 59.4 Å². The molecular formula is C26H31N3O5. The summed E-state index contributed by atoms with van der Waals surface area (Å²) in [6.45, 7) is 2.19. The molecule has 0 saturated carbocycles. The zero-order valence-corrected chi connectivity index (χ0v) is 19.6. The molecule has 0 atom stereocenters. The second kappa shape index (κ2) is 12.0. The molecule has 34 heavy (non-hydrogen) atoms. The summed E-state index contributed by atoms with van der Waals surface area (Å²) in [6, 6.07) is 13.6. The first kappa shape index (κ1) is 25.0. The minimum absolute atomic E-state index is 0.0306. The number of nitrogens with zero attached hydrogens (tertiary/aromatic N) is 2. The summed E-state index contributed by atoms with van der Waals surface area (Å²) in [5, 5.41) is 10.5. The molecule has 0 bridgehead atoms. The van der Waals surface area contributed by atoms with Gasteiger partial charge < -0.3 is 20.4 Å². The number of esters is 1. The van der Waals surface area contributed by atoms with Crippen molar-refractivity contribution in [3.63, 3.8) is 0 Å². The van der Waals surface area contributed by atoms with Gasteiger partial charge in [-0.2, -0.15) is 5.06 Å². The second-order valence-corrected chi connectivity index (χ2v) is 8.03. The fourth-order valence-electron chi connectivity index (χ4n) is 3.57. The quantitative estimate of drug-likeness (QED) is 0.408. The van der Waals surface area contributed by atoms with Crippen molar-refractivity contribution < 1.29 is 24.3 Å². The molecule has 180 valence electrons. The molecule has 8 heteroatoms. The Bertz CT molecular complexity index is 1080. The third-order valence-electron chi connectivity index (χ3n) is 5.32. The number of ether oxygens (including phenoxy) is 1. The highest BCUT2D eigenvalue weighted by molar-refractivity contribution is 5.90. The van der Waals surface area contributed by atoms with Crippen molar-refractivity contribution in [2.45, 2.75) is 39.0 Å². The van der Waals surface area contributed by atoms with Gasteiger partial charge in [-0.3, -0.25) is 9.59 Å². The van der Waals surface area contributed by atoms with Gasteiger partial charge in [-0.25, -0.2) is 4.99 Å². The number of aliphatic hydroxyl groups is 1. The first-order valence-corrected chi connectivity index (χ1v) is 11.4. The van der Waals surface area contributed by atoms with E-state index in [-0.39, 0.29) is 31.3 Å². The number of hydrogen-bond acceptors (Lipinski definition) is 7. The van der Waals surface area contributed by atoms with E-state index >= 15 is 0 Å². The standard InChI is InChI=1S/C26H31N3O5/c1-3-5-25(31)29(12-4-13-30)34-22-15-21-11-10-20(16-23(21)28-24(27)17-22)19-8-6-18(7-9-19)14-26(32)33-2/h6-11,15-16,30H,3-5,12-14,17H2,1-2H3,(H2,27,28). The van der Waals surface area contributed by atoms with Gasteiger partial charge in [0.2, 0.25) is 0 Å². The summed E-state index contributed by atoms with van der Waals surface area (Å²) >= 11 is 0. The zero-order chi connectivity index (χ0) is 24.5. The van der Waals surface area contributed by atoms with Crippen LogP contribution in [0.5, 0.6) is 0 Å². The van der Waals surface area contributed by atoms with Gasteiger partial charge in [0.25, 0.3) is 5.91 Å². The van der Waals surface area contributed by atoms with Crippen molar-refractivity contribution in [1.29, 1.82) is 0 Å². The minimum Gasteiger partial charge on any atom is -0.469 e. The Hall–Kier alpha value is -3.65. The Labute approximate surface area is 199 Å². The van der Waals surface area contributed by atoms with Gasteiger partial charge in [-0.1, -0.05) is 43.3 Å². The number of hydroxylamine groups is 2. The smallest absolute Gasteiger partial charge is 0.309 e. The van der Waals surface area contributed by atoms with Crippen LogP contribution in [-0.4, -0.2) is 48.1 Å². The van der Waals surface area contributed by atoms with Gasteiger partial charge >= 0.3 is 5.97 Å². The molecule has 0 saturated heterocycles. The van der Waals surface area contributed by atoms with Crippen LogP contribution in [0.2, 0.25) is 0 Å². The van der Waals surface area contributed by atoms with Gasteiger partial charge in [0.15, 0.2) is 0 Å². The molecule has 2 aromatic carbocycles. The van der Waals surface area contributed by atoms with E-state index in [0.29, 0.717) is 43.1 Å². The first-order valence-electron chi connectivity index (χ1n) is 11.4. The maximum absolute atomic E-state index is 12.4. The second-order valence-electron chi connectivity index (χ2n) is 8.03. The monoisotopic (exact) mass is 465 g/mol. The van der Waals surface area contributed by atoms with Crippen LogP contribution in [0.1, 0.15) is 43.7 Å². The molecule has 1 aliphatic rings. The number of aliphatic hydroxyl groups excluding tert-OH is 1.